The Morgan fingerprint density at radius 2 is 2.00 bits per heavy atom. The van der Waals surface area contributed by atoms with Crippen molar-refractivity contribution in [3.8, 4) is 0 Å². The van der Waals surface area contributed by atoms with Crippen molar-refractivity contribution in [3.05, 3.63) is 40.1 Å². The minimum atomic E-state index is 0.515. The number of nitrogens with zero attached hydrogens (tertiary/aromatic N) is 2. The summed E-state index contributed by atoms with van der Waals surface area (Å²) in [6.45, 7) is 1.98. The number of hydrogen-bond acceptors (Lipinski definition) is 4. The SMILES string of the molecule is Cc1c(N)nc(C2CC2)nc1Sc1ccccc1Br. The fourth-order valence-electron chi connectivity index (χ4n) is 1.78. The molecule has 0 radical (unpaired) electrons. The van der Waals surface area contributed by atoms with E-state index in [1.807, 2.05) is 25.1 Å². The fraction of sp³-hybridized carbons (Fsp3) is 0.286. The monoisotopic (exact) mass is 335 g/mol. The highest BCUT2D eigenvalue weighted by atomic mass is 79.9. The molecule has 1 aliphatic rings. The summed E-state index contributed by atoms with van der Waals surface area (Å²) in [7, 11) is 0. The number of benzene rings is 1. The molecule has 1 aromatic heterocycles. The van der Waals surface area contributed by atoms with Gasteiger partial charge in [0, 0.05) is 20.8 Å². The normalized spacial score (nSPS) is 14.6. The summed E-state index contributed by atoms with van der Waals surface area (Å²) < 4.78 is 1.07. The van der Waals surface area contributed by atoms with Gasteiger partial charge in [0.15, 0.2) is 0 Å². The smallest absolute Gasteiger partial charge is 0.135 e. The first kappa shape index (κ1) is 12.9. The van der Waals surface area contributed by atoms with Gasteiger partial charge in [-0.25, -0.2) is 9.97 Å². The Labute approximate surface area is 125 Å². The molecule has 2 aromatic rings. The number of nitrogens with two attached hydrogens (primary N) is 1. The summed E-state index contributed by atoms with van der Waals surface area (Å²) in [5, 5.41) is 0.960. The molecule has 98 valence electrons. The second-order valence-corrected chi connectivity index (χ2v) is 6.59. The Balaban J connectivity index is 1.98. The lowest BCUT2D eigenvalue weighted by molar-refractivity contribution is 0.868. The van der Waals surface area contributed by atoms with Crippen LogP contribution in [0.2, 0.25) is 0 Å². The van der Waals surface area contributed by atoms with E-state index in [1.54, 1.807) is 11.8 Å². The Kier molecular flexibility index (Phi) is 3.50. The van der Waals surface area contributed by atoms with E-state index in [9.17, 15) is 0 Å². The molecule has 0 spiro atoms. The predicted molar refractivity (Wildman–Crippen MR) is 81.4 cm³/mol. The number of nitrogen functional groups attached to an aromatic ring is 1. The molecular weight excluding hydrogens is 322 g/mol. The van der Waals surface area contributed by atoms with Crippen LogP contribution in [0.25, 0.3) is 0 Å². The summed E-state index contributed by atoms with van der Waals surface area (Å²) in [4.78, 5) is 10.2. The van der Waals surface area contributed by atoms with Crippen LogP contribution >= 0.6 is 27.7 Å². The van der Waals surface area contributed by atoms with Gasteiger partial charge in [-0.1, -0.05) is 23.9 Å². The molecule has 1 aliphatic carbocycles. The Hall–Kier alpha value is -1.07. The van der Waals surface area contributed by atoms with Crippen molar-refractivity contribution in [2.45, 2.75) is 35.6 Å². The van der Waals surface area contributed by atoms with Gasteiger partial charge in [0.1, 0.15) is 16.7 Å². The molecule has 0 saturated heterocycles. The Morgan fingerprint density at radius 3 is 2.68 bits per heavy atom. The van der Waals surface area contributed by atoms with Crippen LogP contribution in [0.3, 0.4) is 0 Å². The third-order valence-electron chi connectivity index (χ3n) is 3.14. The van der Waals surface area contributed by atoms with Crippen molar-refractivity contribution >= 4 is 33.5 Å². The number of halogens is 1. The maximum atomic E-state index is 6.00. The first-order valence-corrected chi connectivity index (χ1v) is 7.82. The molecule has 3 rings (SSSR count). The van der Waals surface area contributed by atoms with Crippen LogP contribution in [-0.4, -0.2) is 9.97 Å². The van der Waals surface area contributed by atoms with Gasteiger partial charge in [-0.2, -0.15) is 0 Å². The van der Waals surface area contributed by atoms with E-state index < -0.39 is 0 Å². The topological polar surface area (TPSA) is 51.8 Å². The third kappa shape index (κ3) is 2.77. The molecule has 1 fully saturated rings. The maximum Gasteiger partial charge on any atom is 0.135 e. The lowest BCUT2D eigenvalue weighted by Gasteiger charge is -2.10. The van der Waals surface area contributed by atoms with E-state index in [1.165, 1.54) is 12.8 Å². The minimum absolute atomic E-state index is 0.515. The maximum absolute atomic E-state index is 6.00. The molecule has 5 heteroatoms. The van der Waals surface area contributed by atoms with Crippen LogP contribution in [0.4, 0.5) is 5.82 Å². The molecule has 0 bridgehead atoms. The zero-order chi connectivity index (χ0) is 13.4. The number of hydrogen-bond donors (Lipinski definition) is 1. The van der Waals surface area contributed by atoms with Crippen molar-refractivity contribution in [3.63, 3.8) is 0 Å². The summed E-state index contributed by atoms with van der Waals surface area (Å²) in [6, 6.07) is 8.13. The molecule has 0 aliphatic heterocycles. The van der Waals surface area contributed by atoms with Crippen LogP contribution < -0.4 is 5.73 Å². The second kappa shape index (κ2) is 5.13. The first-order chi connectivity index (χ1) is 9.15. The van der Waals surface area contributed by atoms with Gasteiger partial charge in [-0.05, 0) is 47.8 Å². The highest BCUT2D eigenvalue weighted by Crippen LogP contribution is 2.41. The summed E-state index contributed by atoms with van der Waals surface area (Å²) in [6.07, 6.45) is 2.36. The highest BCUT2D eigenvalue weighted by molar-refractivity contribution is 9.10. The molecular formula is C14H14BrN3S. The standard InChI is InChI=1S/C14H14BrN3S/c1-8-12(16)17-13(9-6-7-9)18-14(8)19-11-5-3-2-4-10(11)15/h2-5,9H,6-7H2,1H3,(H2,16,17,18). The van der Waals surface area contributed by atoms with E-state index >= 15 is 0 Å². The number of rotatable bonds is 3. The lowest BCUT2D eigenvalue weighted by Crippen LogP contribution is -2.03. The van der Waals surface area contributed by atoms with Gasteiger partial charge in [0.2, 0.25) is 0 Å². The first-order valence-electron chi connectivity index (χ1n) is 6.21. The second-order valence-electron chi connectivity index (χ2n) is 4.70. The summed E-state index contributed by atoms with van der Waals surface area (Å²) in [5.74, 6) is 2.02. The van der Waals surface area contributed by atoms with Gasteiger partial charge in [0.25, 0.3) is 0 Å². The van der Waals surface area contributed by atoms with Gasteiger partial charge >= 0.3 is 0 Å². The zero-order valence-electron chi connectivity index (χ0n) is 10.6. The van der Waals surface area contributed by atoms with Crippen molar-refractivity contribution in [2.75, 3.05) is 5.73 Å². The predicted octanol–water partition coefficient (Wildman–Crippen LogP) is 4.16. The van der Waals surface area contributed by atoms with Crippen LogP contribution in [-0.2, 0) is 0 Å². The average Bonchev–Trinajstić information content (AvgIpc) is 3.21. The van der Waals surface area contributed by atoms with Crippen molar-refractivity contribution in [2.24, 2.45) is 0 Å². The minimum Gasteiger partial charge on any atom is -0.383 e. The molecule has 0 unspecified atom stereocenters. The summed E-state index contributed by atoms with van der Waals surface area (Å²) >= 11 is 5.20. The molecule has 0 atom stereocenters. The quantitative estimate of drug-likeness (QED) is 0.855. The van der Waals surface area contributed by atoms with Crippen molar-refractivity contribution in [1.29, 1.82) is 0 Å². The fourth-order valence-corrected chi connectivity index (χ4v) is 3.23. The molecule has 3 nitrogen and oxygen atoms in total. The van der Waals surface area contributed by atoms with Crippen LogP contribution in [0, 0.1) is 6.92 Å². The van der Waals surface area contributed by atoms with Crippen molar-refractivity contribution < 1.29 is 0 Å². The number of aromatic nitrogens is 2. The lowest BCUT2D eigenvalue weighted by atomic mass is 10.3. The third-order valence-corrected chi connectivity index (χ3v) is 5.26. The van der Waals surface area contributed by atoms with Gasteiger partial charge in [0.05, 0.1) is 0 Å². The van der Waals surface area contributed by atoms with Crippen molar-refractivity contribution in [1.82, 2.24) is 9.97 Å². The molecule has 1 saturated carbocycles. The molecule has 19 heavy (non-hydrogen) atoms. The zero-order valence-corrected chi connectivity index (χ0v) is 13.0. The number of anilines is 1. The van der Waals surface area contributed by atoms with Gasteiger partial charge in [-0.3, -0.25) is 0 Å². The Bertz CT molecular complexity index is 626. The van der Waals surface area contributed by atoms with E-state index in [2.05, 4.69) is 32.0 Å². The van der Waals surface area contributed by atoms with Gasteiger partial charge in [-0.15, -0.1) is 0 Å². The highest BCUT2D eigenvalue weighted by Gasteiger charge is 2.28. The van der Waals surface area contributed by atoms with Gasteiger partial charge < -0.3 is 5.73 Å². The average molecular weight is 336 g/mol. The molecule has 1 heterocycles. The van der Waals surface area contributed by atoms with E-state index in [0.717, 1.165) is 25.8 Å². The Morgan fingerprint density at radius 1 is 1.26 bits per heavy atom. The van der Waals surface area contributed by atoms with Crippen LogP contribution in [0.1, 0.15) is 30.1 Å². The molecule has 2 N–H and O–H groups in total. The van der Waals surface area contributed by atoms with E-state index in [4.69, 9.17) is 5.73 Å². The van der Waals surface area contributed by atoms with E-state index in [0.29, 0.717) is 11.7 Å². The van der Waals surface area contributed by atoms with Crippen LogP contribution in [0.5, 0.6) is 0 Å². The molecule has 0 amide bonds. The summed E-state index contributed by atoms with van der Waals surface area (Å²) in [5.41, 5.74) is 6.97. The van der Waals surface area contributed by atoms with Crippen LogP contribution in [0.15, 0.2) is 38.7 Å². The largest absolute Gasteiger partial charge is 0.383 e. The molecule has 1 aromatic carbocycles. The van der Waals surface area contributed by atoms with E-state index in [-0.39, 0.29) is 0 Å².